The van der Waals surface area contributed by atoms with Gasteiger partial charge in [0.15, 0.2) is 0 Å². The first-order valence-corrected chi connectivity index (χ1v) is 0. The molecule has 0 fully saturated rings. The van der Waals surface area contributed by atoms with Crippen LogP contribution in [0.1, 0.15) is 2.85 Å². The topological polar surface area (TPSA) is 0 Å². The number of hydrogen-bond donors (Lipinski definition) is 0. The van der Waals surface area contributed by atoms with Gasteiger partial charge in [0.1, 0.15) is 0 Å². The molecular formula is H3CrCuMgMnSe. The predicted molar refractivity (Wildman–Crippen MR) is 15.1 cm³/mol. The summed E-state index contributed by atoms with van der Waals surface area (Å²) in [6, 6.07) is 0. The Labute approximate surface area is 93.3 Å². The molecule has 35 valence electrons. The summed E-state index contributed by atoms with van der Waals surface area (Å²) in [6.45, 7) is 0. The average Bonchev–Trinajstić information content (AvgIpc) is 0. The van der Waals surface area contributed by atoms with Crippen LogP contribution in [0, 0.1) is 0 Å². The molecule has 5 heavy (non-hydrogen) atoms. The maximum atomic E-state index is 0. The van der Waals surface area contributed by atoms with Crippen molar-refractivity contribution >= 4 is 40.1 Å². The Hall–Kier alpha value is 2.86. The Bertz CT molecular complexity index is 17.7. The molecule has 0 N–H and O–H groups in total. The second-order valence-corrected chi connectivity index (χ2v) is 0. The summed E-state index contributed by atoms with van der Waals surface area (Å²) in [5, 5.41) is 0. The molecular weight excluding hydrogens is 274 g/mol. The Morgan fingerprint density at radius 2 is 1.20 bits per heavy atom. The van der Waals surface area contributed by atoms with Crippen molar-refractivity contribution in [3.8, 4) is 0 Å². The van der Waals surface area contributed by atoms with Gasteiger partial charge in [-0.05, 0) is 0 Å². The van der Waals surface area contributed by atoms with E-state index in [1.165, 1.54) is 0 Å². The van der Waals surface area contributed by atoms with E-state index >= 15 is 0 Å². The molecule has 0 aromatic carbocycles. The molecule has 0 aliphatic heterocycles. The first-order chi connectivity index (χ1) is 0. The van der Waals surface area contributed by atoms with Gasteiger partial charge in [-0.3, -0.25) is 0 Å². The van der Waals surface area contributed by atoms with Gasteiger partial charge in [-0.2, -0.15) is 0 Å². The predicted octanol–water partition coefficient (Wildman–Crippen LogP) is -0.812. The Morgan fingerprint density at radius 3 is 1.20 bits per heavy atom. The normalized spacial score (nSPS) is 0. The van der Waals surface area contributed by atoms with Crippen molar-refractivity contribution in [1.29, 1.82) is 0 Å². The van der Waals surface area contributed by atoms with Crippen LogP contribution in [0.4, 0.5) is 0 Å². The van der Waals surface area contributed by atoms with Crippen molar-refractivity contribution in [2.45, 2.75) is 0 Å². The van der Waals surface area contributed by atoms with Crippen molar-refractivity contribution in [1.82, 2.24) is 0 Å². The molecule has 0 rings (SSSR count). The Kier molecular flexibility index (Phi) is 261. The van der Waals surface area contributed by atoms with Crippen LogP contribution in [-0.4, -0.2) is 40.1 Å². The Morgan fingerprint density at radius 1 is 1.20 bits per heavy atom. The van der Waals surface area contributed by atoms with E-state index in [-0.39, 0.29) is 94.5 Å². The minimum absolute atomic E-state index is 0. The first-order valence-electron chi connectivity index (χ1n) is 0. The van der Waals surface area contributed by atoms with Crippen molar-refractivity contribution in [2.75, 3.05) is 0 Å². The number of rotatable bonds is 0. The standard InChI is InChI=1S/Cr.Cu.Mg.Mn.HSe.2H/h;;;;1H;;/q;;+2;;;2*-1. The van der Waals surface area contributed by atoms with Crippen LogP contribution in [-0.2, 0) is 51.5 Å². The minimum atomic E-state index is 0. The monoisotopic (exact) mass is 277 g/mol. The van der Waals surface area contributed by atoms with Gasteiger partial charge in [0.2, 0.25) is 0 Å². The molecule has 0 saturated heterocycles. The SMILES string of the molecule is [Cr].[Cu].[H-].[H-].[Mg+2].[Mn].[SeH]. The summed E-state index contributed by atoms with van der Waals surface area (Å²) in [7, 11) is 0. The molecule has 3 radical (unpaired) electrons. The average molecular weight is 277 g/mol. The molecule has 0 aromatic heterocycles. The van der Waals surface area contributed by atoms with Gasteiger partial charge in [-0.15, -0.1) is 0 Å². The maximum absolute atomic E-state index is 0. The Balaban J connectivity index is 0. The molecule has 0 heterocycles. The van der Waals surface area contributed by atoms with Gasteiger partial charge in [0.05, 0.1) is 0 Å². The van der Waals surface area contributed by atoms with Gasteiger partial charge in [-0.25, -0.2) is 0 Å². The molecule has 0 bridgehead atoms. The van der Waals surface area contributed by atoms with Crippen molar-refractivity contribution in [3.63, 3.8) is 0 Å². The van der Waals surface area contributed by atoms with Gasteiger partial charge >= 0.3 is 40.1 Å². The molecule has 0 aromatic rings. The molecule has 0 saturated carbocycles. The third-order valence-electron chi connectivity index (χ3n) is 0. The van der Waals surface area contributed by atoms with E-state index in [1.54, 1.807) is 0 Å². The van der Waals surface area contributed by atoms with E-state index in [2.05, 4.69) is 0 Å². The zero-order valence-electron chi connectivity index (χ0n) is 4.24. The van der Waals surface area contributed by atoms with Gasteiger partial charge in [0.25, 0.3) is 0 Å². The van der Waals surface area contributed by atoms with Crippen molar-refractivity contribution in [2.24, 2.45) is 0 Å². The van der Waals surface area contributed by atoms with Gasteiger partial charge in [-0.1, -0.05) is 0 Å². The first kappa shape index (κ1) is 45.3. The third kappa shape index (κ3) is 19.8. The van der Waals surface area contributed by atoms with Crippen LogP contribution in [0.15, 0.2) is 0 Å². The summed E-state index contributed by atoms with van der Waals surface area (Å²) in [5.41, 5.74) is 0. The van der Waals surface area contributed by atoms with Crippen LogP contribution < -0.4 is 0 Å². The summed E-state index contributed by atoms with van der Waals surface area (Å²) in [5.74, 6) is 0. The third-order valence-corrected chi connectivity index (χ3v) is 0. The zero-order chi connectivity index (χ0) is 0. The van der Waals surface area contributed by atoms with E-state index < -0.39 is 0 Å². The molecule has 0 amide bonds. The molecule has 0 aliphatic rings. The number of hydrogen-bond acceptors (Lipinski definition) is 0. The fourth-order valence-electron chi connectivity index (χ4n) is 0. The summed E-state index contributed by atoms with van der Waals surface area (Å²) in [6.07, 6.45) is 0. The molecule has 0 nitrogen and oxygen atoms in total. The molecule has 0 atom stereocenters. The van der Waals surface area contributed by atoms with E-state index in [4.69, 9.17) is 0 Å². The fraction of sp³-hybridized carbons (Fsp3) is 0. The summed E-state index contributed by atoms with van der Waals surface area (Å²) in [4.78, 5) is 0. The molecule has 0 spiro atoms. The molecule has 5 heteroatoms. The van der Waals surface area contributed by atoms with Crippen LogP contribution in [0.5, 0.6) is 0 Å². The fourth-order valence-corrected chi connectivity index (χ4v) is 0. The van der Waals surface area contributed by atoms with Crippen molar-refractivity contribution < 1.29 is 54.4 Å². The van der Waals surface area contributed by atoms with Crippen LogP contribution >= 0.6 is 0 Å². The van der Waals surface area contributed by atoms with Crippen LogP contribution in [0.2, 0.25) is 0 Å². The van der Waals surface area contributed by atoms with E-state index in [9.17, 15) is 0 Å². The van der Waals surface area contributed by atoms with Crippen LogP contribution in [0.3, 0.4) is 0 Å². The zero-order valence-corrected chi connectivity index (χ0v) is 8.93. The van der Waals surface area contributed by atoms with Crippen LogP contribution in [0.25, 0.3) is 0 Å². The van der Waals surface area contributed by atoms with Gasteiger partial charge < -0.3 is 2.85 Å². The molecule has 0 aliphatic carbocycles. The van der Waals surface area contributed by atoms with E-state index in [1.807, 2.05) is 0 Å². The van der Waals surface area contributed by atoms with E-state index in [0.29, 0.717) is 0 Å². The molecule has 0 unspecified atom stereocenters. The second kappa shape index (κ2) is 28.8. The van der Waals surface area contributed by atoms with Crippen molar-refractivity contribution in [3.05, 3.63) is 0 Å². The second-order valence-electron chi connectivity index (χ2n) is 0. The summed E-state index contributed by atoms with van der Waals surface area (Å²) >= 11 is 0. The quantitative estimate of drug-likeness (QED) is 0.508. The summed E-state index contributed by atoms with van der Waals surface area (Å²) < 4.78 is 0. The van der Waals surface area contributed by atoms with E-state index in [0.717, 1.165) is 0 Å². The van der Waals surface area contributed by atoms with Gasteiger partial charge in [0, 0.05) is 51.5 Å².